The van der Waals surface area contributed by atoms with E-state index in [0.29, 0.717) is 23.2 Å². The molecule has 0 spiro atoms. The number of halogens is 1. The fraction of sp³-hybridized carbons (Fsp3) is 0.154. The molecule has 18 heavy (non-hydrogen) atoms. The van der Waals surface area contributed by atoms with Crippen LogP contribution in [0.25, 0.3) is 0 Å². The fourth-order valence-corrected chi connectivity index (χ4v) is 1.65. The zero-order chi connectivity index (χ0) is 13.0. The molecule has 0 fully saturated rings. The smallest absolute Gasteiger partial charge is 0.139 e. The lowest BCUT2D eigenvalue weighted by atomic mass is 10.2. The van der Waals surface area contributed by atoms with Crippen molar-refractivity contribution >= 4 is 17.4 Å². The van der Waals surface area contributed by atoms with Gasteiger partial charge < -0.3 is 10.2 Å². The van der Waals surface area contributed by atoms with Crippen molar-refractivity contribution in [3.05, 3.63) is 52.7 Å². The van der Waals surface area contributed by atoms with Gasteiger partial charge in [-0.05, 0) is 30.7 Å². The standard InChI is InChI=1S/C13H14ClN3O/c1-9-2-4-11(14)12(6-9)18-8-10-3-5-13(17-15)16-7-10/h2-7H,8,15H2,1H3,(H,16,17). The fourth-order valence-electron chi connectivity index (χ4n) is 1.48. The van der Waals surface area contributed by atoms with E-state index in [9.17, 15) is 0 Å². The molecule has 0 unspecified atom stereocenters. The molecule has 1 aromatic carbocycles. The van der Waals surface area contributed by atoms with Crippen LogP contribution in [-0.2, 0) is 6.61 Å². The van der Waals surface area contributed by atoms with Crippen molar-refractivity contribution in [3.8, 4) is 5.75 Å². The number of nitrogens with zero attached hydrogens (tertiary/aromatic N) is 1. The van der Waals surface area contributed by atoms with Crippen LogP contribution < -0.4 is 16.0 Å². The lowest BCUT2D eigenvalue weighted by Gasteiger charge is -2.09. The van der Waals surface area contributed by atoms with Crippen LogP contribution in [0, 0.1) is 6.92 Å². The zero-order valence-corrected chi connectivity index (χ0v) is 10.7. The summed E-state index contributed by atoms with van der Waals surface area (Å²) in [6.45, 7) is 2.41. The van der Waals surface area contributed by atoms with Gasteiger partial charge in [0, 0.05) is 11.8 Å². The second-order valence-corrected chi connectivity index (χ2v) is 4.33. The van der Waals surface area contributed by atoms with Crippen LogP contribution in [0.15, 0.2) is 36.5 Å². The number of rotatable bonds is 4. The molecule has 2 aromatic rings. The van der Waals surface area contributed by atoms with Crippen molar-refractivity contribution in [2.24, 2.45) is 5.84 Å². The van der Waals surface area contributed by atoms with Gasteiger partial charge >= 0.3 is 0 Å². The minimum atomic E-state index is 0.418. The molecule has 0 saturated carbocycles. The highest BCUT2D eigenvalue weighted by Gasteiger charge is 2.02. The zero-order valence-electron chi connectivity index (χ0n) is 9.98. The highest BCUT2D eigenvalue weighted by atomic mass is 35.5. The Balaban J connectivity index is 2.04. The van der Waals surface area contributed by atoms with Gasteiger partial charge in [0.15, 0.2) is 0 Å². The molecule has 94 valence electrons. The highest BCUT2D eigenvalue weighted by Crippen LogP contribution is 2.26. The molecule has 1 aromatic heterocycles. The third kappa shape index (κ3) is 3.12. The Morgan fingerprint density at radius 1 is 1.33 bits per heavy atom. The van der Waals surface area contributed by atoms with E-state index in [2.05, 4.69) is 10.4 Å². The van der Waals surface area contributed by atoms with Crippen molar-refractivity contribution < 1.29 is 4.74 Å². The number of hydrogen-bond acceptors (Lipinski definition) is 4. The lowest BCUT2D eigenvalue weighted by Crippen LogP contribution is -2.08. The monoisotopic (exact) mass is 263 g/mol. The molecule has 4 nitrogen and oxygen atoms in total. The maximum atomic E-state index is 6.04. The molecule has 0 aliphatic heterocycles. The Hall–Kier alpha value is -1.78. The predicted molar refractivity (Wildman–Crippen MR) is 72.6 cm³/mol. The van der Waals surface area contributed by atoms with Crippen LogP contribution in [-0.4, -0.2) is 4.98 Å². The molecule has 0 aliphatic rings. The summed E-state index contributed by atoms with van der Waals surface area (Å²) in [6, 6.07) is 9.36. The molecular formula is C13H14ClN3O. The Kier molecular flexibility index (Phi) is 4.02. The summed E-state index contributed by atoms with van der Waals surface area (Å²) in [4.78, 5) is 4.10. The Morgan fingerprint density at radius 2 is 2.17 bits per heavy atom. The first-order valence-electron chi connectivity index (χ1n) is 5.49. The topological polar surface area (TPSA) is 60.2 Å². The van der Waals surface area contributed by atoms with E-state index < -0.39 is 0 Å². The Morgan fingerprint density at radius 3 is 2.83 bits per heavy atom. The first-order valence-corrected chi connectivity index (χ1v) is 5.87. The molecule has 2 rings (SSSR count). The second-order valence-electron chi connectivity index (χ2n) is 3.92. The predicted octanol–water partition coefficient (Wildman–Crippen LogP) is 2.91. The van der Waals surface area contributed by atoms with E-state index in [1.165, 1.54) is 0 Å². The number of ether oxygens (including phenoxy) is 1. The van der Waals surface area contributed by atoms with Crippen molar-refractivity contribution in [1.29, 1.82) is 0 Å². The quantitative estimate of drug-likeness (QED) is 0.658. The van der Waals surface area contributed by atoms with Gasteiger partial charge in [0.1, 0.15) is 18.2 Å². The van der Waals surface area contributed by atoms with Crippen molar-refractivity contribution in [2.75, 3.05) is 5.43 Å². The number of anilines is 1. The summed E-state index contributed by atoms with van der Waals surface area (Å²) in [7, 11) is 0. The molecule has 1 heterocycles. The van der Waals surface area contributed by atoms with Crippen LogP contribution in [0.1, 0.15) is 11.1 Å². The lowest BCUT2D eigenvalue weighted by molar-refractivity contribution is 0.306. The number of nitrogens with one attached hydrogen (secondary N) is 1. The molecule has 0 amide bonds. The minimum Gasteiger partial charge on any atom is -0.487 e. The number of nitrogen functional groups attached to an aromatic ring is 1. The largest absolute Gasteiger partial charge is 0.487 e. The first-order chi connectivity index (χ1) is 8.69. The molecule has 0 aliphatic carbocycles. The number of hydrazine groups is 1. The first kappa shape index (κ1) is 12.7. The van der Waals surface area contributed by atoms with Gasteiger partial charge in [-0.3, -0.25) is 0 Å². The molecule has 0 atom stereocenters. The van der Waals surface area contributed by atoms with Gasteiger partial charge in [0.05, 0.1) is 5.02 Å². The summed E-state index contributed by atoms with van der Waals surface area (Å²) in [5, 5.41) is 0.605. The van der Waals surface area contributed by atoms with Gasteiger partial charge in [-0.25, -0.2) is 10.8 Å². The van der Waals surface area contributed by atoms with Gasteiger partial charge in [-0.1, -0.05) is 23.7 Å². The van der Waals surface area contributed by atoms with Crippen LogP contribution in [0.3, 0.4) is 0 Å². The van der Waals surface area contributed by atoms with E-state index in [0.717, 1.165) is 11.1 Å². The summed E-state index contributed by atoms with van der Waals surface area (Å²) in [6.07, 6.45) is 1.71. The number of aryl methyl sites for hydroxylation is 1. The van der Waals surface area contributed by atoms with Crippen LogP contribution >= 0.6 is 11.6 Å². The molecule has 0 saturated heterocycles. The number of hydrogen-bond donors (Lipinski definition) is 2. The number of pyridine rings is 1. The van der Waals surface area contributed by atoms with E-state index in [4.69, 9.17) is 22.2 Å². The van der Waals surface area contributed by atoms with E-state index >= 15 is 0 Å². The van der Waals surface area contributed by atoms with Gasteiger partial charge in [-0.15, -0.1) is 0 Å². The van der Waals surface area contributed by atoms with E-state index in [-0.39, 0.29) is 0 Å². The van der Waals surface area contributed by atoms with Gasteiger partial charge in [0.2, 0.25) is 0 Å². The maximum Gasteiger partial charge on any atom is 0.139 e. The maximum absolute atomic E-state index is 6.04. The molecular weight excluding hydrogens is 250 g/mol. The summed E-state index contributed by atoms with van der Waals surface area (Å²) < 4.78 is 5.65. The van der Waals surface area contributed by atoms with Crippen molar-refractivity contribution in [1.82, 2.24) is 4.98 Å². The molecule has 0 radical (unpaired) electrons. The van der Waals surface area contributed by atoms with Crippen molar-refractivity contribution in [2.45, 2.75) is 13.5 Å². The molecule has 0 bridgehead atoms. The van der Waals surface area contributed by atoms with Gasteiger partial charge in [-0.2, -0.15) is 0 Å². The summed E-state index contributed by atoms with van der Waals surface area (Å²) in [5.41, 5.74) is 4.53. The van der Waals surface area contributed by atoms with Crippen LogP contribution in [0.2, 0.25) is 5.02 Å². The van der Waals surface area contributed by atoms with Crippen molar-refractivity contribution in [3.63, 3.8) is 0 Å². The average Bonchev–Trinajstić information content (AvgIpc) is 2.40. The normalized spacial score (nSPS) is 10.2. The third-order valence-corrected chi connectivity index (χ3v) is 2.77. The van der Waals surface area contributed by atoms with E-state index in [1.54, 1.807) is 12.3 Å². The van der Waals surface area contributed by atoms with Crippen LogP contribution in [0.5, 0.6) is 5.75 Å². The summed E-state index contributed by atoms with van der Waals surface area (Å²) >= 11 is 6.04. The second kappa shape index (κ2) is 5.71. The number of nitrogens with two attached hydrogens (primary N) is 1. The Labute approximate surface area is 111 Å². The molecule has 3 N–H and O–H groups in total. The SMILES string of the molecule is Cc1ccc(Cl)c(OCc2ccc(NN)nc2)c1. The number of benzene rings is 1. The van der Waals surface area contributed by atoms with Gasteiger partial charge in [0.25, 0.3) is 0 Å². The van der Waals surface area contributed by atoms with E-state index in [1.807, 2.05) is 31.2 Å². The summed E-state index contributed by atoms with van der Waals surface area (Å²) in [5.74, 6) is 6.54. The molecule has 5 heteroatoms. The third-order valence-electron chi connectivity index (χ3n) is 2.45. The van der Waals surface area contributed by atoms with Crippen LogP contribution in [0.4, 0.5) is 5.82 Å². The average molecular weight is 264 g/mol. The Bertz CT molecular complexity index is 528. The number of aromatic nitrogens is 1. The minimum absolute atomic E-state index is 0.418. The highest BCUT2D eigenvalue weighted by molar-refractivity contribution is 6.32.